The average molecular weight is 482 g/mol. The van der Waals surface area contributed by atoms with Crippen LogP contribution < -0.4 is 20.3 Å². The number of benzene rings is 2. The van der Waals surface area contributed by atoms with Crippen molar-refractivity contribution in [3.63, 3.8) is 0 Å². The van der Waals surface area contributed by atoms with Crippen LogP contribution in [0, 0.1) is 0 Å². The van der Waals surface area contributed by atoms with Gasteiger partial charge in [-0.15, -0.1) is 11.3 Å². The topological polar surface area (TPSA) is 82.5 Å². The number of carbonyl (C=O) groups is 1. The van der Waals surface area contributed by atoms with Crippen molar-refractivity contribution in [2.24, 2.45) is 7.05 Å². The molecule has 0 unspecified atom stereocenters. The van der Waals surface area contributed by atoms with Crippen molar-refractivity contribution in [3.8, 4) is 21.9 Å². The highest BCUT2D eigenvalue weighted by Crippen LogP contribution is 2.32. The Morgan fingerprint density at radius 2 is 1.85 bits per heavy atom. The van der Waals surface area contributed by atoms with Crippen molar-refractivity contribution in [2.45, 2.75) is 11.7 Å². The number of hydrogen-bond donors (Lipinski definition) is 1. The molecule has 2 aromatic heterocycles. The number of aromatic nitrogens is 2. The van der Waals surface area contributed by atoms with Crippen LogP contribution in [0.5, 0.6) is 11.5 Å². The van der Waals surface area contributed by atoms with Gasteiger partial charge < -0.3 is 14.8 Å². The number of nitrogens with one attached hydrogen (secondary N) is 1. The standard InChI is InChI=1S/C24H23N3O4S2/c1-27-23(29)17-12-20(16-7-5-4-6-8-16)33-22(17)26-24(27)32-14-21(28)25-13-15-9-10-18(30-2)19(11-15)31-3/h4-12H,13-14H2,1-3H3,(H,25,28). The van der Waals surface area contributed by atoms with Crippen molar-refractivity contribution in [3.05, 3.63) is 70.5 Å². The fourth-order valence-electron chi connectivity index (χ4n) is 3.29. The molecule has 7 nitrogen and oxygen atoms in total. The van der Waals surface area contributed by atoms with Crippen molar-refractivity contribution in [1.29, 1.82) is 0 Å². The van der Waals surface area contributed by atoms with Crippen LogP contribution in [0.3, 0.4) is 0 Å². The van der Waals surface area contributed by atoms with Crippen LogP contribution in [0.25, 0.3) is 20.7 Å². The second kappa shape index (κ2) is 10.1. The molecular weight excluding hydrogens is 458 g/mol. The molecule has 33 heavy (non-hydrogen) atoms. The van der Waals surface area contributed by atoms with Gasteiger partial charge in [0.1, 0.15) is 4.83 Å². The number of methoxy groups -OCH3 is 2. The largest absolute Gasteiger partial charge is 0.493 e. The molecule has 1 N–H and O–H groups in total. The Kier molecular flexibility index (Phi) is 7.00. The molecular formula is C24H23N3O4S2. The zero-order valence-corrected chi connectivity index (χ0v) is 20.1. The molecule has 170 valence electrons. The SMILES string of the molecule is COc1ccc(CNC(=O)CSc2nc3sc(-c4ccccc4)cc3c(=O)n2C)cc1OC. The summed E-state index contributed by atoms with van der Waals surface area (Å²) < 4.78 is 12.0. The second-order valence-electron chi connectivity index (χ2n) is 7.21. The zero-order valence-electron chi connectivity index (χ0n) is 18.5. The molecule has 0 saturated heterocycles. The highest BCUT2D eigenvalue weighted by molar-refractivity contribution is 7.99. The van der Waals surface area contributed by atoms with Gasteiger partial charge >= 0.3 is 0 Å². The Morgan fingerprint density at radius 1 is 1.09 bits per heavy atom. The number of nitrogens with zero attached hydrogens (tertiary/aromatic N) is 2. The zero-order chi connectivity index (χ0) is 23.4. The Morgan fingerprint density at radius 3 is 2.58 bits per heavy atom. The molecule has 0 bridgehead atoms. The lowest BCUT2D eigenvalue weighted by atomic mass is 10.2. The van der Waals surface area contributed by atoms with E-state index in [0.717, 1.165) is 16.0 Å². The van der Waals surface area contributed by atoms with Crippen LogP contribution in [-0.2, 0) is 18.4 Å². The first kappa shape index (κ1) is 22.9. The monoisotopic (exact) mass is 481 g/mol. The average Bonchev–Trinajstić information content (AvgIpc) is 3.28. The van der Waals surface area contributed by atoms with Gasteiger partial charge in [-0.3, -0.25) is 14.2 Å². The maximum atomic E-state index is 12.9. The minimum atomic E-state index is -0.153. The number of rotatable bonds is 8. The second-order valence-corrected chi connectivity index (χ2v) is 9.18. The molecule has 0 aliphatic carbocycles. The minimum Gasteiger partial charge on any atom is -0.493 e. The highest BCUT2D eigenvalue weighted by atomic mass is 32.2. The fourth-order valence-corrected chi connectivity index (χ4v) is 5.17. The quantitative estimate of drug-likeness (QED) is 0.302. The van der Waals surface area contributed by atoms with Gasteiger partial charge in [-0.2, -0.15) is 0 Å². The van der Waals surface area contributed by atoms with Crippen LogP contribution in [0.4, 0.5) is 0 Å². The molecule has 4 rings (SSSR count). The molecule has 9 heteroatoms. The Bertz CT molecular complexity index is 1350. The lowest BCUT2D eigenvalue weighted by molar-refractivity contribution is -0.118. The highest BCUT2D eigenvalue weighted by Gasteiger charge is 2.15. The molecule has 0 saturated carbocycles. The van der Waals surface area contributed by atoms with E-state index >= 15 is 0 Å². The van der Waals surface area contributed by atoms with Crippen LogP contribution in [0.15, 0.2) is 64.5 Å². The molecule has 0 aliphatic heterocycles. The van der Waals surface area contributed by atoms with E-state index in [9.17, 15) is 9.59 Å². The normalized spacial score (nSPS) is 10.9. The molecule has 4 aromatic rings. The summed E-state index contributed by atoms with van der Waals surface area (Å²) in [5.74, 6) is 1.24. The van der Waals surface area contributed by atoms with Crippen LogP contribution in [0.2, 0.25) is 0 Å². The molecule has 0 atom stereocenters. The minimum absolute atomic E-state index is 0.119. The number of hydrogen-bond acceptors (Lipinski definition) is 7. The van der Waals surface area contributed by atoms with Gasteiger partial charge in [0.2, 0.25) is 5.91 Å². The summed E-state index contributed by atoms with van der Waals surface area (Å²) in [5.41, 5.74) is 1.82. The van der Waals surface area contributed by atoms with Crippen LogP contribution in [-0.4, -0.2) is 35.4 Å². The fraction of sp³-hybridized carbons (Fsp3) is 0.208. The van der Waals surface area contributed by atoms with Crippen LogP contribution in [0.1, 0.15) is 5.56 Å². The van der Waals surface area contributed by atoms with E-state index in [1.54, 1.807) is 27.3 Å². The van der Waals surface area contributed by atoms with Gasteiger partial charge in [0, 0.05) is 18.5 Å². The molecule has 1 amide bonds. The number of thioether (sulfide) groups is 1. The van der Waals surface area contributed by atoms with Gasteiger partial charge in [0.25, 0.3) is 5.56 Å². The van der Waals surface area contributed by atoms with E-state index in [-0.39, 0.29) is 17.2 Å². The molecule has 0 spiro atoms. The van der Waals surface area contributed by atoms with Gasteiger partial charge in [0.05, 0.1) is 25.4 Å². The van der Waals surface area contributed by atoms with Gasteiger partial charge in [-0.25, -0.2) is 4.98 Å². The summed E-state index contributed by atoms with van der Waals surface area (Å²) in [6.07, 6.45) is 0. The third-order valence-corrected chi connectivity index (χ3v) is 7.17. The van der Waals surface area contributed by atoms with E-state index in [0.29, 0.717) is 33.4 Å². The number of carbonyl (C=O) groups excluding carboxylic acids is 1. The predicted octanol–water partition coefficient (Wildman–Crippen LogP) is 4.09. The summed E-state index contributed by atoms with van der Waals surface area (Å²) in [6, 6.07) is 17.3. The lowest BCUT2D eigenvalue weighted by Crippen LogP contribution is -2.25. The maximum Gasteiger partial charge on any atom is 0.262 e. The molecule has 2 heterocycles. The van der Waals surface area contributed by atoms with E-state index in [4.69, 9.17) is 9.47 Å². The van der Waals surface area contributed by atoms with Crippen molar-refractivity contribution >= 4 is 39.2 Å². The summed E-state index contributed by atoms with van der Waals surface area (Å²) in [5, 5.41) is 3.98. The predicted molar refractivity (Wildman–Crippen MR) is 132 cm³/mol. The van der Waals surface area contributed by atoms with E-state index in [1.807, 2.05) is 48.5 Å². The first-order valence-electron chi connectivity index (χ1n) is 10.2. The third kappa shape index (κ3) is 5.04. The summed E-state index contributed by atoms with van der Waals surface area (Å²) in [7, 11) is 4.83. The number of fused-ring (bicyclic) bond motifs is 1. The third-order valence-electron chi connectivity index (χ3n) is 5.06. The summed E-state index contributed by atoms with van der Waals surface area (Å²) in [4.78, 5) is 31.6. The molecule has 2 aromatic carbocycles. The van der Waals surface area contributed by atoms with Gasteiger partial charge in [0.15, 0.2) is 16.7 Å². The van der Waals surface area contributed by atoms with E-state index < -0.39 is 0 Å². The van der Waals surface area contributed by atoms with E-state index in [2.05, 4.69) is 10.3 Å². The van der Waals surface area contributed by atoms with Crippen molar-refractivity contribution < 1.29 is 14.3 Å². The number of amides is 1. The number of ether oxygens (including phenoxy) is 2. The molecule has 0 aliphatic rings. The van der Waals surface area contributed by atoms with Crippen molar-refractivity contribution in [1.82, 2.24) is 14.9 Å². The smallest absolute Gasteiger partial charge is 0.262 e. The van der Waals surface area contributed by atoms with Gasteiger partial charge in [-0.05, 0) is 29.3 Å². The maximum absolute atomic E-state index is 12.9. The lowest BCUT2D eigenvalue weighted by Gasteiger charge is -2.10. The Labute approximate surface area is 199 Å². The first-order chi connectivity index (χ1) is 16.0. The molecule has 0 radical (unpaired) electrons. The summed E-state index contributed by atoms with van der Waals surface area (Å²) >= 11 is 2.72. The number of thiophene rings is 1. The van der Waals surface area contributed by atoms with Gasteiger partial charge in [-0.1, -0.05) is 48.2 Å². The Hall–Kier alpha value is -3.30. The molecule has 0 fully saturated rings. The Balaban J connectivity index is 1.44. The van der Waals surface area contributed by atoms with E-state index in [1.165, 1.54) is 27.7 Å². The van der Waals surface area contributed by atoms with Crippen molar-refractivity contribution in [2.75, 3.05) is 20.0 Å². The first-order valence-corrected chi connectivity index (χ1v) is 12.0. The van der Waals surface area contributed by atoms with Crippen LogP contribution >= 0.6 is 23.1 Å². The summed E-state index contributed by atoms with van der Waals surface area (Å²) in [6.45, 7) is 0.358.